The first kappa shape index (κ1) is 26.2. The van der Waals surface area contributed by atoms with Crippen LogP contribution in [0.4, 0.5) is 4.39 Å². The molecular weight excluding hydrogens is 409 g/mol. The van der Waals surface area contributed by atoms with E-state index in [9.17, 15) is 14.0 Å². The number of benzene rings is 2. The Morgan fingerprint density at radius 1 is 0.968 bits per heavy atom. The second-order valence-electron chi connectivity index (χ2n) is 6.91. The van der Waals surface area contributed by atoms with Crippen LogP contribution in [0.25, 0.3) is 0 Å². The summed E-state index contributed by atoms with van der Waals surface area (Å²) in [6.45, 7) is 5.46. The van der Waals surface area contributed by atoms with E-state index >= 15 is 0 Å². The van der Waals surface area contributed by atoms with Gasteiger partial charge in [0.25, 0.3) is 0 Å². The molecule has 2 aromatic rings. The molecule has 0 fully saturated rings. The number of halogens is 1. The van der Waals surface area contributed by atoms with Gasteiger partial charge in [0.2, 0.25) is 0 Å². The number of aliphatic hydroxyl groups is 2. The van der Waals surface area contributed by atoms with Gasteiger partial charge < -0.3 is 30.9 Å². The molecule has 170 valence electrons. The number of aliphatic carboxylic acids is 2. The van der Waals surface area contributed by atoms with Crippen molar-refractivity contribution < 1.29 is 39.1 Å². The molecule has 0 bridgehead atoms. The maximum absolute atomic E-state index is 13.5. The molecule has 0 radical (unpaired) electrons. The van der Waals surface area contributed by atoms with Gasteiger partial charge in [0, 0.05) is 18.0 Å². The van der Waals surface area contributed by atoms with E-state index in [0.29, 0.717) is 18.7 Å². The molecule has 0 aliphatic rings. The van der Waals surface area contributed by atoms with Crippen molar-refractivity contribution >= 4 is 11.9 Å². The van der Waals surface area contributed by atoms with E-state index in [1.54, 1.807) is 12.1 Å². The average Bonchev–Trinajstić information content (AvgIpc) is 2.72. The fraction of sp³-hybridized carbons (Fsp3) is 0.364. The van der Waals surface area contributed by atoms with E-state index in [4.69, 9.17) is 30.9 Å². The zero-order chi connectivity index (χ0) is 23.6. The summed E-state index contributed by atoms with van der Waals surface area (Å²) in [7, 11) is 0. The quantitative estimate of drug-likeness (QED) is 0.397. The van der Waals surface area contributed by atoms with E-state index in [2.05, 4.69) is 26.0 Å². The molecule has 0 aliphatic heterocycles. The van der Waals surface area contributed by atoms with Gasteiger partial charge in [0.15, 0.2) is 12.2 Å². The Kier molecular flexibility index (Phi) is 10.8. The van der Waals surface area contributed by atoms with Crippen LogP contribution in [0.2, 0.25) is 0 Å². The summed E-state index contributed by atoms with van der Waals surface area (Å²) < 4.78 is 19.2. The largest absolute Gasteiger partial charge is 0.479 e. The Morgan fingerprint density at radius 2 is 1.48 bits per heavy atom. The topological polar surface area (TPSA) is 150 Å². The van der Waals surface area contributed by atoms with Crippen molar-refractivity contribution in [3.8, 4) is 0 Å². The van der Waals surface area contributed by atoms with Crippen LogP contribution in [0.5, 0.6) is 0 Å². The molecule has 3 unspecified atom stereocenters. The highest BCUT2D eigenvalue weighted by molar-refractivity contribution is 5.83. The second kappa shape index (κ2) is 12.8. The minimum absolute atomic E-state index is 0.137. The molecular formula is C22H28FNO7. The van der Waals surface area contributed by atoms with E-state index in [1.807, 2.05) is 12.1 Å². The molecule has 8 nitrogen and oxygen atoms in total. The van der Waals surface area contributed by atoms with Crippen molar-refractivity contribution in [2.75, 3.05) is 13.2 Å². The molecule has 0 heterocycles. The first-order chi connectivity index (χ1) is 14.6. The third-order valence-corrected chi connectivity index (χ3v) is 4.57. The lowest BCUT2D eigenvalue weighted by atomic mass is 9.91. The summed E-state index contributed by atoms with van der Waals surface area (Å²) in [5, 5.41) is 32.5. The highest BCUT2D eigenvalue weighted by atomic mass is 19.1. The molecule has 3 atom stereocenters. The minimum Gasteiger partial charge on any atom is -0.479 e. The first-order valence-corrected chi connectivity index (χ1v) is 9.49. The fourth-order valence-electron chi connectivity index (χ4n) is 2.94. The number of ether oxygens (including phenoxy) is 1. The van der Waals surface area contributed by atoms with Gasteiger partial charge in [0.1, 0.15) is 5.82 Å². The summed E-state index contributed by atoms with van der Waals surface area (Å²) >= 11 is 0. The summed E-state index contributed by atoms with van der Waals surface area (Å²) in [6.07, 6.45) is -4.53. The van der Waals surface area contributed by atoms with E-state index in [-0.39, 0.29) is 18.3 Å². The number of carboxylic acids is 2. The standard InChI is InChI=1S/C18H22FNO.C4H6O6/c1-13-6-5-7-14(2)18(13)16(10-20)12-21-11-15-8-3-4-9-17(15)19;5-1(3(7)8)2(6)4(9)10/h3-9,16H,10-12,20H2,1-2H3;1-2,5-6H,(H,7,8)(H,9,10). The van der Waals surface area contributed by atoms with Gasteiger partial charge >= 0.3 is 11.9 Å². The molecule has 0 aromatic heterocycles. The van der Waals surface area contributed by atoms with Gasteiger partial charge in [-0.25, -0.2) is 14.0 Å². The van der Waals surface area contributed by atoms with Crippen molar-refractivity contribution in [3.05, 3.63) is 70.5 Å². The third-order valence-electron chi connectivity index (χ3n) is 4.57. The number of nitrogens with two attached hydrogens (primary N) is 1. The smallest absolute Gasteiger partial charge is 0.335 e. The zero-order valence-corrected chi connectivity index (χ0v) is 17.4. The van der Waals surface area contributed by atoms with Crippen molar-refractivity contribution in [2.24, 2.45) is 5.73 Å². The maximum Gasteiger partial charge on any atom is 0.335 e. The SMILES string of the molecule is Cc1cccc(C)c1C(CN)COCc1ccccc1F.O=C(O)C(O)C(O)C(=O)O. The van der Waals surface area contributed by atoms with Gasteiger partial charge in [-0.2, -0.15) is 0 Å². The monoisotopic (exact) mass is 437 g/mol. The predicted octanol–water partition coefficient (Wildman–Crippen LogP) is 1.58. The highest BCUT2D eigenvalue weighted by Gasteiger charge is 2.29. The lowest BCUT2D eigenvalue weighted by Gasteiger charge is -2.20. The number of carboxylic acid groups (broad SMARTS) is 2. The van der Waals surface area contributed by atoms with Crippen molar-refractivity contribution in [3.63, 3.8) is 0 Å². The normalized spacial score (nSPS) is 13.5. The van der Waals surface area contributed by atoms with Gasteiger partial charge in [-0.1, -0.05) is 36.4 Å². The lowest BCUT2D eigenvalue weighted by Crippen LogP contribution is -2.39. The molecule has 0 saturated carbocycles. The van der Waals surface area contributed by atoms with Crippen LogP contribution in [0, 0.1) is 19.7 Å². The van der Waals surface area contributed by atoms with E-state index < -0.39 is 24.1 Å². The number of aryl methyl sites for hydroxylation is 2. The van der Waals surface area contributed by atoms with Crippen LogP contribution in [0.15, 0.2) is 42.5 Å². The Labute approximate surface area is 179 Å². The number of hydrogen-bond donors (Lipinski definition) is 5. The fourth-order valence-corrected chi connectivity index (χ4v) is 2.94. The molecule has 2 aromatic carbocycles. The Hall–Kier alpha value is -2.85. The molecule has 0 spiro atoms. The van der Waals surface area contributed by atoms with E-state index in [1.165, 1.54) is 22.8 Å². The molecule has 2 rings (SSSR count). The number of rotatable bonds is 9. The van der Waals surface area contributed by atoms with Crippen molar-refractivity contribution in [1.82, 2.24) is 0 Å². The zero-order valence-electron chi connectivity index (χ0n) is 17.4. The van der Waals surface area contributed by atoms with Gasteiger partial charge in [0.05, 0.1) is 13.2 Å². The predicted molar refractivity (Wildman–Crippen MR) is 111 cm³/mol. The lowest BCUT2D eigenvalue weighted by molar-refractivity contribution is -0.165. The third kappa shape index (κ3) is 8.06. The molecule has 0 saturated heterocycles. The Balaban J connectivity index is 0.000000407. The molecule has 31 heavy (non-hydrogen) atoms. The summed E-state index contributed by atoms with van der Waals surface area (Å²) in [6, 6.07) is 12.9. The first-order valence-electron chi connectivity index (χ1n) is 9.49. The van der Waals surface area contributed by atoms with Crippen LogP contribution in [0.1, 0.15) is 28.2 Å². The summed E-state index contributed by atoms with van der Waals surface area (Å²) in [5.74, 6) is -3.63. The average molecular weight is 437 g/mol. The van der Waals surface area contributed by atoms with Crippen LogP contribution >= 0.6 is 0 Å². The summed E-state index contributed by atoms with van der Waals surface area (Å²) in [4.78, 5) is 19.5. The second-order valence-corrected chi connectivity index (χ2v) is 6.91. The van der Waals surface area contributed by atoms with Crippen LogP contribution in [-0.4, -0.2) is 57.7 Å². The molecule has 0 amide bonds. The highest BCUT2D eigenvalue weighted by Crippen LogP contribution is 2.24. The molecule has 0 aliphatic carbocycles. The van der Waals surface area contributed by atoms with Crippen LogP contribution in [0.3, 0.4) is 0 Å². The van der Waals surface area contributed by atoms with Crippen molar-refractivity contribution in [2.45, 2.75) is 38.6 Å². The summed E-state index contributed by atoms with van der Waals surface area (Å²) in [5.41, 5.74) is 10.2. The van der Waals surface area contributed by atoms with Gasteiger partial charge in [-0.05, 0) is 36.6 Å². The number of carbonyl (C=O) groups is 2. The van der Waals surface area contributed by atoms with Gasteiger partial charge in [-0.3, -0.25) is 0 Å². The van der Waals surface area contributed by atoms with E-state index in [0.717, 1.165) is 0 Å². The maximum atomic E-state index is 13.5. The van der Waals surface area contributed by atoms with Crippen LogP contribution in [-0.2, 0) is 20.9 Å². The molecule has 6 N–H and O–H groups in total. The minimum atomic E-state index is -2.27. The Bertz CT molecular complexity index is 836. The number of aliphatic hydroxyl groups excluding tert-OH is 2. The van der Waals surface area contributed by atoms with Crippen LogP contribution < -0.4 is 5.73 Å². The number of hydrogen-bond acceptors (Lipinski definition) is 6. The van der Waals surface area contributed by atoms with Crippen molar-refractivity contribution in [1.29, 1.82) is 0 Å². The Morgan fingerprint density at radius 3 is 1.94 bits per heavy atom. The molecule has 9 heteroatoms. The van der Waals surface area contributed by atoms with Gasteiger partial charge in [-0.15, -0.1) is 0 Å².